The van der Waals surface area contributed by atoms with Crippen molar-refractivity contribution in [1.29, 1.82) is 0 Å². The van der Waals surface area contributed by atoms with Crippen molar-refractivity contribution < 1.29 is 0 Å². The molecule has 2 rings (SSSR count). The van der Waals surface area contributed by atoms with E-state index in [1.165, 1.54) is 19.3 Å². The van der Waals surface area contributed by atoms with Gasteiger partial charge in [-0.25, -0.2) is 0 Å². The molecular weight excluding hydrogens is 144 g/mol. The maximum absolute atomic E-state index is 2.36. The van der Waals surface area contributed by atoms with Crippen LogP contribution in [-0.2, 0) is 0 Å². The summed E-state index contributed by atoms with van der Waals surface area (Å²) >= 11 is 0. The van der Waals surface area contributed by atoms with Crippen molar-refractivity contribution in [3.8, 4) is 0 Å². The molecule has 0 nitrogen and oxygen atoms in total. The highest BCUT2D eigenvalue weighted by atomic mass is 14.3. The van der Waals surface area contributed by atoms with Gasteiger partial charge in [0.05, 0.1) is 0 Å². The third-order valence-electron chi connectivity index (χ3n) is 2.97. The number of benzene rings is 1. The molecule has 0 heterocycles. The van der Waals surface area contributed by atoms with Gasteiger partial charge in [-0.05, 0) is 30.2 Å². The van der Waals surface area contributed by atoms with Crippen LogP contribution in [0.5, 0.6) is 0 Å². The van der Waals surface area contributed by atoms with Gasteiger partial charge in [0.2, 0.25) is 0 Å². The van der Waals surface area contributed by atoms with Crippen molar-refractivity contribution in [1.82, 2.24) is 0 Å². The SMILES string of the molecule is C[C@H]1CCC(c2ccccc2)C1. The Kier molecular flexibility index (Phi) is 2.16. The number of rotatable bonds is 1. The average Bonchev–Trinajstić information content (AvgIpc) is 2.54. The Morgan fingerprint density at radius 1 is 1.08 bits per heavy atom. The summed E-state index contributed by atoms with van der Waals surface area (Å²) in [5, 5.41) is 0. The molecule has 0 radical (unpaired) electrons. The molecule has 0 saturated heterocycles. The lowest BCUT2D eigenvalue weighted by Crippen LogP contribution is -1.92. The van der Waals surface area contributed by atoms with Crippen molar-refractivity contribution >= 4 is 0 Å². The van der Waals surface area contributed by atoms with E-state index < -0.39 is 0 Å². The van der Waals surface area contributed by atoms with E-state index in [0.29, 0.717) is 0 Å². The van der Waals surface area contributed by atoms with Crippen LogP contribution < -0.4 is 0 Å². The highest BCUT2D eigenvalue weighted by Gasteiger charge is 2.21. The summed E-state index contributed by atoms with van der Waals surface area (Å²) < 4.78 is 0. The van der Waals surface area contributed by atoms with Gasteiger partial charge in [-0.3, -0.25) is 0 Å². The fourth-order valence-corrected chi connectivity index (χ4v) is 2.24. The molecule has 0 N–H and O–H groups in total. The van der Waals surface area contributed by atoms with E-state index in [0.717, 1.165) is 11.8 Å². The first-order chi connectivity index (χ1) is 5.86. The molecular formula is C12H16. The molecule has 1 aromatic carbocycles. The third-order valence-corrected chi connectivity index (χ3v) is 2.97. The lowest BCUT2D eigenvalue weighted by atomic mass is 9.97. The molecule has 1 saturated carbocycles. The second-order valence-electron chi connectivity index (χ2n) is 4.03. The normalized spacial score (nSPS) is 29.1. The minimum absolute atomic E-state index is 0.848. The Labute approximate surface area is 74.6 Å². The summed E-state index contributed by atoms with van der Waals surface area (Å²) in [5.74, 6) is 1.79. The molecule has 0 spiro atoms. The smallest absolute Gasteiger partial charge is 0.0159 e. The summed E-state index contributed by atoms with van der Waals surface area (Å²) in [5.41, 5.74) is 1.54. The van der Waals surface area contributed by atoms with Crippen molar-refractivity contribution in [2.24, 2.45) is 5.92 Å². The molecule has 0 heteroatoms. The second-order valence-corrected chi connectivity index (χ2v) is 4.03. The van der Waals surface area contributed by atoms with Crippen LogP contribution in [-0.4, -0.2) is 0 Å². The highest BCUT2D eigenvalue weighted by Crippen LogP contribution is 2.37. The zero-order valence-corrected chi connectivity index (χ0v) is 7.66. The summed E-state index contributed by atoms with van der Waals surface area (Å²) in [6.07, 6.45) is 4.20. The van der Waals surface area contributed by atoms with E-state index in [1.54, 1.807) is 5.56 Å². The van der Waals surface area contributed by atoms with Crippen molar-refractivity contribution in [2.45, 2.75) is 32.1 Å². The topological polar surface area (TPSA) is 0 Å². The number of hydrogen-bond donors (Lipinski definition) is 0. The van der Waals surface area contributed by atoms with Gasteiger partial charge in [-0.2, -0.15) is 0 Å². The first-order valence-electron chi connectivity index (χ1n) is 4.91. The first kappa shape index (κ1) is 7.85. The molecule has 1 aromatic rings. The zero-order valence-electron chi connectivity index (χ0n) is 7.66. The van der Waals surface area contributed by atoms with Crippen molar-refractivity contribution in [2.75, 3.05) is 0 Å². The second kappa shape index (κ2) is 3.30. The standard InChI is InChI=1S/C12H16/c1-10-7-8-12(9-10)11-5-3-2-4-6-11/h2-6,10,12H,7-9H2,1H3/t10-,12?/m0/s1. The zero-order chi connectivity index (χ0) is 8.39. The monoisotopic (exact) mass is 160 g/mol. The van der Waals surface area contributed by atoms with E-state index in [4.69, 9.17) is 0 Å². The maximum atomic E-state index is 2.36. The largest absolute Gasteiger partial charge is 0.0625 e. The van der Waals surface area contributed by atoms with Gasteiger partial charge in [-0.15, -0.1) is 0 Å². The van der Waals surface area contributed by atoms with Crippen LogP contribution in [0.15, 0.2) is 30.3 Å². The third kappa shape index (κ3) is 1.52. The maximum Gasteiger partial charge on any atom is -0.0159 e. The Morgan fingerprint density at radius 2 is 1.83 bits per heavy atom. The summed E-state index contributed by atoms with van der Waals surface area (Å²) in [4.78, 5) is 0. The van der Waals surface area contributed by atoms with Crippen LogP contribution in [0.4, 0.5) is 0 Å². The molecule has 1 aliphatic rings. The molecule has 12 heavy (non-hydrogen) atoms. The van der Waals surface area contributed by atoms with Crippen molar-refractivity contribution in [3.05, 3.63) is 35.9 Å². The summed E-state index contributed by atoms with van der Waals surface area (Å²) in [6.45, 7) is 2.36. The van der Waals surface area contributed by atoms with Crippen LogP contribution in [0.2, 0.25) is 0 Å². The van der Waals surface area contributed by atoms with Gasteiger partial charge >= 0.3 is 0 Å². The van der Waals surface area contributed by atoms with E-state index in [9.17, 15) is 0 Å². The van der Waals surface area contributed by atoms with E-state index in [-0.39, 0.29) is 0 Å². The van der Waals surface area contributed by atoms with E-state index in [1.807, 2.05) is 0 Å². The highest BCUT2D eigenvalue weighted by molar-refractivity contribution is 5.20. The first-order valence-corrected chi connectivity index (χ1v) is 4.91. The van der Waals surface area contributed by atoms with Crippen LogP contribution in [0.1, 0.15) is 37.7 Å². The van der Waals surface area contributed by atoms with Crippen molar-refractivity contribution in [3.63, 3.8) is 0 Å². The summed E-state index contributed by atoms with van der Waals surface area (Å²) in [7, 11) is 0. The van der Waals surface area contributed by atoms with Crippen LogP contribution in [0.25, 0.3) is 0 Å². The van der Waals surface area contributed by atoms with Crippen LogP contribution in [0, 0.1) is 5.92 Å². The van der Waals surface area contributed by atoms with Gasteiger partial charge < -0.3 is 0 Å². The Bertz CT molecular complexity index is 237. The minimum Gasteiger partial charge on any atom is -0.0625 e. The Morgan fingerprint density at radius 3 is 2.42 bits per heavy atom. The predicted octanol–water partition coefficient (Wildman–Crippen LogP) is 3.59. The molecule has 1 fully saturated rings. The molecule has 0 bridgehead atoms. The van der Waals surface area contributed by atoms with E-state index >= 15 is 0 Å². The van der Waals surface area contributed by atoms with Gasteiger partial charge in [0.25, 0.3) is 0 Å². The Balaban J connectivity index is 2.11. The quantitative estimate of drug-likeness (QED) is 0.589. The Hall–Kier alpha value is -0.780. The summed E-state index contributed by atoms with van der Waals surface area (Å²) in [6, 6.07) is 10.9. The van der Waals surface area contributed by atoms with Gasteiger partial charge in [-0.1, -0.05) is 43.7 Å². The van der Waals surface area contributed by atoms with Crippen LogP contribution >= 0.6 is 0 Å². The predicted molar refractivity (Wildman–Crippen MR) is 52.2 cm³/mol. The fraction of sp³-hybridized carbons (Fsp3) is 0.500. The lowest BCUT2D eigenvalue weighted by molar-refractivity contribution is 0.596. The minimum atomic E-state index is 0.848. The lowest BCUT2D eigenvalue weighted by Gasteiger charge is -2.08. The molecule has 0 amide bonds. The molecule has 0 aromatic heterocycles. The average molecular weight is 160 g/mol. The molecule has 0 aliphatic heterocycles. The molecule has 1 aliphatic carbocycles. The van der Waals surface area contributed by atoms with Gasteiger partial charge in [0.1, 0.15) is 0 Å². The molecule has 1 unspecified atom stereocenters. The van der Waals surface area contributed by atoms with Gasteiger partial charge in [0.15, 0.2) is 0 Å². The molecule has 64 valence electrons. The molecule has 2 atom stereocenters. The number of hydrogen-bond acceptors (Lipinski definition) is 0. The fourth-order valence-electron chi connectivity index (χ4n) is 2.24. The van der Waals surface area contributed by atoms with Gasteiger partial charge in [0, 0.05) is 0 Å². The van der Waals surface area contributed by atoms with Crippen LogP contribution in [0.3, 0.4) is 0 Å². The van der Waals surface area contributed by atoms with E-state index in [2.05, 4.69) is 37.3 Å².